The molecule has 0 aromatic heterocycles. The van der Waals surface area contributed by atoms with Crippen LogP contribution >= 0.6 is 11.8 Å². The predicted molar refractivity (Wildman–Crippen MR) is 124 cm³/mol. The molecule has 1 heterocycles. The van der Waals surface area contributed by atoms with Gasteiger partial charge in [-0.3, -0.25) is 4.79 Å². The first-order valence-electron chi connectivity index (χ1n) is 11.2. The van der Waals surface area contributed by atoms with Crippen molar-refractivity contribution in [2.24, 2.45) is 0 Å². The third kappa shape index (κ3) is 6.19. The average molecular weight is 443 g/mol. The van der Waals surface area contributed by atoms with Gasteiger partial charge in [-0.05, 0) is 54.3 Å². The zero-order chi connectivity index (χ0) is 22.2. The fourth-order valence-electron chi connectivity index (χ4n) is 4.09. The van der Waals surface area contributed by atoms with Crippen molar-refractivity contribution >= 4 is 23.5 Å². The van der Waals surface area contributed by atoms with Gasteiger partial charge in [0.1, 0.15) is 5.82 Å². The minimum atomic E-state index is -0.314. The largest absolute Gasteiger partial charge is 0.462 e. The Morgan fingerprint density at radius 2 is 1.77 bits per heavy atom. The number of unbranched alkanes of at least 4 members (excludes halogenated alkanes) is 5. The number of ketones is 1. The van der Waals surface area contributed by atoms with E-state index in [1.54, 1.807) is 30.0 Å². The lowest BCUT2D eigenvalue weighted by Gasteiger charge is -2.20. The fraction of sp³-hybridized carbons (Fsp3) is 0.462. The van der Waals surface area contributed by atoms with Gasteiger partial charge in [-0.25, -0.2) is 9.18 Å². The van der Waals surface area contributed by atoms with Crippen LogP contribution in [0.25, 0.3) is 0 Å². The van der Waals surface area contributed by atoms with E-state index in [0.29, 0.717) is 17.9 Å². The van der Waals surface area contributed by atoms with E-state index in [1.807, 2.05) is 19.1 Å². The van der Waals surface area contributed by atoms with Crippen LogP contribution in [0.4, 0.5) is 4.39 Å². The maximum Gasteiger partial charge on any atom is 0.338 e. The lowest BCUT2D eigenvalue weighted by Crippen LogP contribution is -2.14. The molecule has 0 saturated carbocycles. The Labute approximate surface area is 188 Å². The van der Waals surface area contributed by atoms with Crippen molar-refractivity contribution in [3.8, 4) is 0 Å². The maximum absolute atomic E-state index is 13.3. The Bertz CT molecular complexity index is 894. The molecule has 3 nitrogen and oxygen atoms in total. The highest BCUT2D eigenvalue weighted by Gasteiger charge is 2.38. The molecule has 2 aromatic rings. The summed E-state index contributed by atoms with van der Waals surface area (Å²) in [6.45, 7) is 4.56. The van der Waals surface area contributed by atoms with Crippen LogP contribution in [-0.4, -0.2) is 24.1 Å². The first-order chi connectivity index (χ1) is 15.0. The Hall–Kier alpha value is -2.14. The SMILES string of the molecule is CCCCCCCCOC(=O)c1ccc(C2C(=O)CSC2c2ccc(F)cc2)c(C)c1. The quantitative estimate of drug-likeness (QED) is 0.300. The van der Waals surface area contributed by atoms with Crippen LogP contribution in [-0.2, 0) is 9.53 Å². The van der Waals surface area contributed by atoms with Gasteiger partial charge in [0.2, 0.25) is 0 Å². The van der Waals surface area contributed by atoms with Crippen LogP contribution in [0.1, 0.15) is 83.7 Å². The number of thioether (sulfide) groups is 1. The number of benzene rings is 2. The Morgan fingerprint density at radius 3 is 2.48 bits per heavy atom. The molecule has 0 aliphatic carbocycles. The topological polar surface area (TPSA) is 43.4 Å². The molecule has 166 valence electrons. The monoisotopic (exact) mass is 442 g/mol. The van der Waals surface area contributed by atoms with Crippen LogP contribution in [0.5, 0.6) is 0 Å². The van der Waals surface area contributed by atoms with Gasteiger partial charge in [0.05, 0.1) is 23.8 Å². The van der Waals surface area contributed by atoms with Crippen LogP contribution in [0, 0.1) is 12.7 Å². The standard InChI is InChI=1S/C26H31FO3S/c1-3-4-5-6-7-8-15-30-26(29)20-11-14-22(18(2)16-20)24-23(28)17-31-25(24)19-9-12-21(27)13-10-19/h9-14,16,24-25H,3-8,15,17H2,1-2H3. The van der Waals surface area contributed by atoms with Crippen molar-refractivity contribution < 1.29 is 18.7 Å². The molecule has 31 heavy (non-hydrogen) atoms. The third-order valence-corrected chi connectivity index (χ3v) is 7.18. The van der Waals surface area contributed by atoms with E-state index in [1.165, 1.54) is 37.8 Å². The van der Waals surface area contributed by atoms with Gasteiger partial charge in [-0.1, -0.05) is 57.2 Å². The lowest BCUT2D eigenvalue weighted by atomic mass is 9.85. The average Bonchev–Trinajstić information content (AvgIpc) is 3.14. The Morgan fingerprint density at radius 1 is 1.06 bits per heavy atom. The number of carbonyl (C=O) groups excluding carboxylic acids is 2. The van der Waals surface area contributed by atoms with Gasteiger partial charge >= 0.3 is 5.97 Å². The number of hydrogen-bond acceptors (Lipinski definition) is 4. The van der Waals surface area contributed by atoms with Gasteiger partial charge in [-0.15, -0.1) is 11.8 Å². The number of carbonyl (C=O) groups is 2. The molecule has 2 unspecified atom stereocenters. The van der Waals surface area contributed by atoms with Crippen molar-refractivity contribution in [3.05, 3.63) is 70.5 Å². The van der Waals surface area contributed by atoms with Crippen LogP contribution in [0.2, 0.25) is 0 Å². The molecule has 0 bridgehead atoms. The molecule has 0 radical (unpaired) electrons. The van der Waals surface area contributed by atoms with Crippen LogP contribution in [0.3, 0.4) is 0 Å². The number of aryl methyl sites for hydroxylation is 1. The summed E-state index contributed by atoms with van der Waals surface area (Å²) in [5, 5.41) is -0.0442. The number of rotatable bonds is 10. The highest BCUT2D eigenvalue weighted by molar-refractivity contribution is 8.00. The van der Waals surface area contributed by atoms with Gasteiger partial charge < -0.3 is 4.74 Å². The van der Waals surface area contributed by atoms with E-state index in [0.717, 1.165) is 29.5 Å². The molecule has 0 spiro atoms. The van der Waals surface area contributed by atoms with E-state index in [-0.39, 0.29) is 28.7 Å². The van der Waals surface area contributed by atoms with Crippen LogP contribution < -0.4 is 0 Å². The minimum absolute atomic E-state index is 0.0442. The van der Waals surface area contributed by atoms with Crippen molar-refractivity contribution in [2.45, 2.75) is 63.5 Å². The zero-order valence-corrected chi connectivity index (χ0v) is 19.2. The molecule has 1 saturated heterocycles. The second kappa shape index (κ2) is 11.5. The molecule has 0 amide bonds. The number of hydrogen-bond donors (Lipinski definition) is 0. The lowest BCUT2D eigenvalue weighted by molar-refractivity contribution is -0.117. The predicted octanol–water partition coefficient (Wildman–Crippen LogP) is 6.79. The van der Waals surface area contributed by atoms with E-state index in [2.05, 4.69) is 6.92 Å². The molecular weight excluding hydrogens is 411 g/mol. The second-order valence-corrected chi connectivity index (χ2v) is 9.33. The van der Waals surface area contributed by atoms with Gasteiger partial charge in [0.25, 0.3) is 0 Å². The molecule has 5 heteroatoms. The molecule has 3 rings (SSSR count). The summed E-state index contributed by atoms with van der Waals surface area (Å²) in [5.74, 6) is -0.279. The first kappa shape index (κ1) is 23.5. The van der Waals surface area contributed by atoms with E-state index >= 15 is 0 Å². The summed E-state index contributed by atoms with van der Waals surface area (Å²) in [4.78, 5) is 25.1. The van der Waals surface area contributed by atoms with Gasteiger partial charge in [0, 0.05) is 5.25 Å². The third-order valence-electron chi connectivity index (χ3n) is 5.82. The molecule has 1 aliphatic rings. The second-order valence-electron chi connectivity index (χ2n) is 8.20. The maximum atomic E-state index is 13.3. The molecular formula is C26H31FO3S. The molecule has 0 N–H and O–H groups in total. The molecule has 2 aromatic carbocycles. The van der Waals surface area contributed by atoms with E-state index in [9.17, 15) is 14.0 Å². The van der Waals surface area contributed by atoms with E-state index < -0.39 is 0 Å². The number of esters is 1. The first-order valence-corrected chi connectivity index (χ1v) is 12.2. The van der Waals surface area contributed by atoms with Gasteiger partial charge in [-0.2, -0.15) is 0 Å². The smallest absolute Gasteiger partial charge is 0.338 e. The summed E-state index contributed by atoms with van der Waals surface area (Å²) in [7, 11) is 0. The van der Waals surface area contributed by atoms with Crippen molar-refractivity contribution in [2.75, 3.05) is 12.4 Å². The summed E-state index contributed by atoms with van der Waals surface area (Å²) in [6.07, 6.45) is 6.87. The fourth-order valence-corrected chi connectivity index (χ4v) is 5.45. The van der Waals surface area contributed by atoms with Crippen LogP contribution in [0.15, 0.2) is 42.5 Å². The molecule has 1 fully saturated rings. The minimum Gasteiger partial charge on any atom is -0.462 e. The summed E-state index contributed by atoms with van der Waals surface area (Å²) < 4.78 is 18.8. The van der Waals surface area contributed by atoms with E-state index in [4.69, 9.17) is 4.74 Å². The Kier molecular flexibility index (Phi) is 8.70. The molecule has 1 aliphatic heterocycles. The summed E-state index contributed by atoms with van der Waals surface area (Å²) in [5.41, 5.74) is 3.30. The molecule has 2 atom stereocenters. The summed E-state index contributed by atoms with van der Waals surface area (Å²) >= 11 is 1.59. The summed E-state index contributed by atoms with van der Waals surface area (Å²) in [6, 6.07) is 11.8. The van der Waals surface area contributed by atoms with Crippen molar-refractivity contribution in [1.82, 2.24) is 0 Å². The Balaban J connectivity index is 1.63. The normalized spacial score (nSPS) is 18.4. The highest BCUT2D eigenvalue weighted by Crippen LogP contribution is 2.48. The number of ether oxygens (including phenoxy) is 1. The highest BCUT2D eigenvalue weighted by atomic mass is 32.2. The van der Waals surface area contributed by atoms with Crippen molar-refractivity contribution in [1.29, 1.82) is 0 Å². The van der Waals surface area contributed by atoms with Crippen molar-refractivity contribution in [3.63, 3.8) is 0 Å². The zero-order valence-electron chi connectivity index (χ0n) is 18.4. The van der Waals surface area contributed by atoms with Gasteiger partial charge in [0.15, 0.2) is 5.78 Å². The number of Topliss-reactive ketones (excluding diaryl/α,β-unsaturated/α-hetero) is 1. The number of halogens is 1.